The van der Waals surface area contributed by atoms with Gasteiger partial charge in [-0.05, 0) is 18.2 Å². The van der Waals surface area contributed by atoms with Crippen LogP contribution < -0.4 is 4.72 Å². The lowest BCUT2D eigenvalue weighted by Crippen LogP contribution is -2.13. The lowest BCUT2D eigenvalue weighted by Gasteiger charge is -2.04. The van der Waals surface area contributed by atoms with Crippen LogP contribution in [0.4, 0.5) is 9.90 Å². The number of halogens is 1. The number of aryl methyl sites for hydroxylation is 1. The Bertz CT molecular complexity index is 844. The van der Waals surface area contributed by atoms with Crippen molar-refractivity contribution in [3.05, 3.63) is 30.2 Å². The van der Waals surface area contributed by atoms with Crippen molar-refractivity contribution in [2.24, 2.45) is 0 Å². The Hall–Kier alpha value is -2.01. The molecule has 0 unspecified atom stereocenters. The molecular formula is C9H8FN3O5S2. The number of hydrogen-bond donors (Lipinski definition) is 1. The van der Waals surface area contributed by atoms with Crippen LogP contribution >= 0.6 is 0 Å². The zero-order valence-corrected chi connectivity index (χ0v) is 11.6. The largest absolute Gasteiger partial charge is 0.408 e. The molecule has 0 amide bonds. The fourth-order valence-electron chi connectivity index (χ4n) is 1.30. The first-order valence-corrected chi connectivity index (χ1v) is 7.93. The van der Waals surface area contributed by atoms with Crippen LogP contribution in [0.3, 0.4) is 0 Å². The summed E-state index contributed by atoms with van der Waals surface area (Å²) in [6.07, 6.45) is 0. The third-order valence-corrected chi connectivity index (χ3v) is 4.28. The maximum atomic E-state index is 12.8. The zero-order chi connectivity index (χ0) is 15.0. The van der Waals surface area contributed by atoms with E-state index >= 15 is 0 Å². The summed E-state index contributed by atoms with van der Waals surface area (Å²) in [6.45, 7) is 1.46. The van der Waals surface area contributed by atoms with E-state index < -0.39 is 30.0 Å². The van der Waals surface area contributed by atoms with Gasteiger partial charge in [0.2, 0.25) is 5.89 Å². The third-order valence-electron chi connectivity index (χ3n) is 2.15. The van der Waals surface area contributed by atoms with Crippen molar-refractivity contribution in [2.45, 2.75) is 16.7 Å². The Morgan fingerprint density at radius 3 is 2.35 bits per heavy atom. The topological polar surface area (TPSA) is 119 Å². The van der Waals surface area contributed by atoms with Crippen molar-refractivity contribution in [1.29, 1.82) is 0 Å². The van der Waals surface area contributed by atoms with E-state index in [0.29, 0.717) is 6.07 Å². The molecule has 20 heavy (non-hydrogen) atoms. The molecule has 1 aromatic carbocycles. The Balaban J connectivity index is 2.40. The van der Waals surface area contributed by atoms with Crippen molar-refractivity contribution < 1.29 is 25.1 Å². The molecule has 0 aliphatic carbocycles. The van der Waals surface area contributed by atoms with E-state index in [1.165, 1.54) is 6.92 Å². The van der Waals surface area contributed by atoms with Crippen molar-refractivity contribution in [1.82, 2.24) is 10.2 Å². The average molecular weight is 321 g/mol. The maximum Gasteiger partial charge on any atom is 0.332 e. The monoisotopic (exact) mass is 321 g/mol. The van der Waals surface area contributed by atoms with Gasteiger partial charge in [0.1, 0.15) is 0 Å². The summed E-state index contributed by atoms with van der Waals surface area (Å²) in [5.74, 6) is 0.141. The number of anilines is 1. The van der Waals surface area contributed by atoms with Gasteiger partial charge in [-0.1, -0.05) is 11.2 Å². The van der Waals surface area contributed by atoms with Gasteiger partial charge >= 0.3 is 16.2 Å². The van der Waals surface area contributed by atoms with Crippen LogP contribution in [-0.2, 0) is 20.2 Å². The summed E-state index contributed by atoms with van der Waals surface area (Å²) >= 11 is 0. The minimum absolute atomic E-state index is 0.141. The van der Waals surface area contributed by atoms with Crippen LogP contribution in [0, 0.1) is 6.92 Å². The molecule has 0 aliphatic heterocycles. The first-order valence-electron chi connectivity index (χ1n) is 5.06. The van der Waals surface area contributed by atoms with Crippen LogP contribution in [-0.4, -0.2) is 27.0 Å². The van der Waals surface area contributed by atoms with Gasteiger partial charge in [0, 0.05) is 6.92 Å². The summed E-state index contributed by atoms with van der Waals surface area (Å²) in [4.78, 5) is -1.21. The molecule has 2 rings (SSSR count). The molecule has 0 fully saturated rings. The SMILES string of the molecule is Cc1nnc(NS(=O)(=O)c2cccc(S(=O)(=O)F)c2)o1. The quantitative estimate of drug-likeness (QED) is 0.828. The molecule has 1 aromatic heterocycles. The Kier molecular flexibility index (Phi) is 3.48. The van der Waals surface area contributed by atoms with Crippen LogP contribution in [0.15, 0.2) is 38.5 Å². The van der Waals surface area contributed by atoms with Gasteiger partial charge in [0.25, 0.3) is 10.0 Å². The summed E-state index contributed by atoms with van der Waals surface area (Å²) in [5, 5.41) is 6.85. The minimum Gasteiger partial charge on any atom is -0.408 e. The van der Waals surface area contributed by atoms with Crippen molar-refractivity contribution >= 4 is 26.3 Å². The van der Waals surface area contributed by atoms with Crippen LogP contribution in [0.5, 0.6) is 0 Å². The van der Waals surface area contributed by atoms with E-state index in [2.05, 4.69) is 10.2 Å². The second-order valence-corrected chi connectivity index (χ2v) is 6.67. The molecule has 1 N–H and O–H groups in total. The molecule has 0 saturated heterocycles. The number of nitrogens with one attached hydrogen (secondary N) is 1. The molecule has 0 aliphatic rings. The number of benzene rings is 1. The highest BCUT2D eigenvalue weighted by Gasteiger charge is 2.20. The van der Waals surface area contributed by atoms with Gasteiger partial charge in [-0.3, -0.25) is 0 Å². The number of aromatic nitrogens is 2. The maximum absolute atomic E-state index is 12.8. The van der Waals surface area contributed by atoms with E-state index in [9.17, 15) is 20.7 Å². The van der Waals surface area contributed by atoms with Crippen molar-refractivity contribution in [2.75, 3.05) is 4.72 Å². The fraction of sp³-hybridized carbons (Fsp3) is 0.111. The molecular weight excluding hydrogens is 313 g/mol. The highest BCUT2D eigenvalue weighted by atomic mass is 32.3. The Morgan fingerprint density at radius 2 is 1.80 bits per heavy atom. The normalized spacial score (nSPS) is 12.3. The van der Waals surface area contributed by atoms with Crippen molar-refractivity contribution in [3.8, 4) is 0 Å². The van der Waals surface area contributed by atoms with Gasteiger partial charge in [0.05, 0.1) is 9.79 Å². The predicted octanol–water partition coefficient (Wildman–Crippen LogP) is 0.837. The summed E-state index contributed by atoms with van der Waals surface area (Å²) in [5.41, 5.74) is 0. The molecule has 0 bridgehead atoms. The number of rotatable bonds is 4. The molecule has 11 heteroatoms. The van der Waals surface area contributed by atoms with Crippen LogP contribution in [0.1, 0.15) is 5.89 Å². The van der Waals surface area contributed by atoms with Crippen molar-refractivity contribution in [3.63, 3.8) is 0 Å². The third kappa shape index (κ3) is 3.11. The lowest BCUT2D eigenvalue weighted by molar-refractivity contribution is 0.534. The Morgan fingerprint density at radius 1 is 1.15 bits per heavy atom. The molecule has 2 aromatic rings. The first-order chi connectivity index (χ1) is 9.18. The minimum atomic E-state index is -5.00. The standard InChI is InChI=1S/C9H8FN3O5S2/c1-6-11-12-9(18-6)13-20(16,17)8-4-2-3-7(5-8)19(10,14)15/h2-5H,1H3,(H,12,13). The number of hydrogen-bond acceptors (Lipinski definition) is 7. The predicted molar refractivity (Wildman–Crippen MR) is 64.6 cm³/mol. The van der Waals surface area contributed by atoms with E-state index in [4.69, 9.17) is 4.42 Å². The van der Waals surface area contributed by atoms with Gasteiger partial charge in [0.15, 0.2) is 0 Å². The molecule has 0 atom stereocenters. The summed E-state index contributed by atoms with van der Waals surface area (Å²) < 4.78 is 65.0. The Labute approximate surface area is 113 Å². The fourth-order valence-corrected chi connectivity index (χ4v) is 2.86. The van der Waals surface area contributed by atoms with Gasteiger partial charge < -0.3 is 4.42 Å². The highest BCUT2D eigenvalue weighted by Crippen LogP contribution is 2.19. The molecule has 0 saturated carbocycles. The first kappa shape index (κ1) is 14.4. The average Bonchev–Trinajstić information content (AvgIpc) is 2.73. The lowest BCUT2D eigenvalue weighted by atomic mass is 10.4. The molecule has 1 heterocycles. The van der Waals surface area contributed by atoms with E-state index in [0.717, 1.165) is 18.2 Å². The number of nitrogens with zero attached hydrogens (tertiary/aromatic N) is 2. The van der Waals surface area contributed by atoms with E-state index in [1.807, 2.05) is 4.72 Å². The van der Waals surface area contributed by atoms with Gasteiger partial charge in [-0.25, -0.2) is 13.1 Å². The second-order valence-electron chi connectivity index (χ2n) is 3.64. The van der Waals surface area contributed by atoms with Crippen LogP contribution in [0.25, 0.3) is 0 Å². The molecule has 0 spiro atoms. The van der Waals surface area contributed by atoms with E-state index in [1.54, 1.807) is 0 Å². The summed E-state index contributed by atoms with van der Waals surface area (Å²) in [6, 6.07) is 3.43. The smallest absolute Gasteiger partial charge is 0.332 e. The zero-order valence-electron chi connectivity index (χ0n) is 9.94. The highest BCUT2D eigenvalue weighted by molar-refractivity contribution is 7.92. The van der Waals surface area contributed by atoms with E-state index in [-0.39, 0.29) is 11.9 Å². The van der Waals surface area contributed by atoms with Gasteiger partial charge in [-0.15, -0.1) is 8.98 Å². The molecule has 8 nitrogen and oxygen atoms in total. The molecule has 0 radical (unpaired) electrons. The number of sulfonamides is 1. The van der Waals surface area contributed by atoms with Crippen LogP contribution in [0.2, 0.25) is 0 Å². The summed E-state index contributed by atoms with van der Waals surface area (Å²) in [7, 11) is -9.16. The molecule has 108 valence electrons. The van der Waals surface area contributed by atoms with Gasteiger partial charge in [-0.2, -0.15) is 8.42 Å². The second kappa shape index (κ2) is 4.83.